The van der Waals surface area contributed by atoms with Crippen LogP contribution in [0.5, 0.6) is 5.88 Å². The quantitative estimate of drug-likeness (QED) is 0.809. The summed E-state index contributed by atoms with van der Waals surface area (Å²) in [7, 11) is 0. The van der Waals surface area contributed by atoms with Crippen molar-refractivity contribution in [3.05, 3.63) is 58.1 Å². The number of nitrogens with zero attached hydrogens (tertiary/aromatic N) is 2. The zero-order valence-electron chi connectivity index (χ0n) is 14.0. The Morgan fingerprint density at radius 2 is 2.00 bits per heavy atom. The summed E-state index contributed by atoms with van der Waals surface area (Å²) in [6.45, 7) is -0.712. The number of hydrogen-bond acceptors (Lipinski definition) is 6. The second-order valence-electron chi connectivity index (χ2n) is 6.04. The summed E-state index contributed by atoms with van der Waals surface area (Å²) in [5.74, 6) is -0.829. The lowest BCUT2D eigenvalue weighted by Crippen LogP contribution is -2.30. The van der Waals surface area contributed by atoms with Crippen molar-refractivity contribution in [2.75, 3.05) is 6.61 Å². The minimum Gasteiger partial charge on any atom is -0.472 e. The first-order chi connectivity index (χ1) is 12.8. The normalized spacial score (nSPS) is 22.8. The SMILES string of the molecule is O=c1nc(OCc2ccccc2)c(C(F)(F)F)cn1[C@H]1C[C@H](O)[C@@H](CO)O1. The Bertz CT molecular complexity index is 841. The van der Waals surface area contributed by atoms with Gasteiger partial charge in [0.05, 0.1) is 12.7 Å². The molecule has 2 aromatic rings. The molecular formula is C17H17F3N2O5. The third-order valence-electron chi connectivity index (χ3n) is 4.13. The van der Waals surface area contributed by atoms with E-state index in [1.54, 1.807) is 30.3 Å². The largest absolute Gasteiger partial charge is 0.472 e. The summed E-state index contributed by atoms with van der Waals surface area (Å²) in [6.07, 6.45) is -7.65. The van der Waals surface area contributed by atoms with E-state index in [-0.39, 0.29) is 13.0 Å². The molecule has 1 aromatic carbocycles. The predicted molar refractivity (Wildman–Crippen MR) is 85.9 cm³/mol. The first kappa shape index (κ1) is 19.3. The highest BCUT2D eigenvalue weighted by Crippen LogP contribution is 2.36. The molecule has 0 bridgehead atoms. The van der Waals surface area contributed by atoms with Gasteiger partial charge in [0.1, 0.15) is 24.5 Å². The summed E-state index contributed by atoms with van der Waals surface area (Å²) in [4.78, 5) is 15.6. The molecule has 146 valence electrons. The van der Waals surface area contributed by atoms with Gasteiger partial charge >= 0.3 is 11.9 Å². The minimum atomic E-state index is -4.82. The van der Waals surface area contributed by atoms with Crippen LogP contribution in [0.15, 0.2) is 41.3 Å². The number of benzene rings is 1. The van der Waals surface area contributed by atoms with Crippen molar-refractivity contribution in [3.63, 3.8) is 0 Å². The zero-order chi connectivity index (χ0) is 19.6. The Kier molecular flexibility index (Phi) is 5.49. The lowest BCUT2D eigenvalue weighted by atomic mass is 10.2. The lowest BCUT2D eigenvalue weighted by Gasteiger charge is -2.18. The minimum absolute atomic E-state index is 0.145. The number of halogens is 3. The molecule has 0 spiro atoms. The van der Waals surface area contributed by atoms with Crippen LogP contribution in [-0.2, 0) is 17.5 Å². The van der Waals surface area contributed by atoms with Crippen LogP contribution in [0.3, 0.4) is 0 Å². The molecule has 2 N–H and O–H groups in total. The molecule has 0 amide bonds. The maximum absolute atomic E-state index is 13.4. The number of alkyl halides is 3. The molecule has 3 rings (SSSR count). The molecule has 0 saturated carbocycles. The first-order valence-corrected chi connectivity index (χ1v) is 8.11. The van der Waals surface area contributed by atoms with Crippen LogP contribution in [0, 0.1) is 0 Å². The topological polar surface area (TPSA) is 93.8 Å². The molecular weight excluding hydrogens is 369 g/mol. The van der Waals surface area contributed by atoms with E-state index < -0.39 is 48.4 Å². The smallest absolute Gasteiger partial charge is 0.423 e. The van der Waals surface area contributed by atoms with Gasteiger partial charge in [0, 0.05) is 12.6 Å². The van der Waals surface area contributed by atoms with E-state index >= 15 is 0 Å². The van der Waals surface area contributed by atoms with Crippen LogP contribution < -0.4 is 10.4 Å². The van der Waals surface area contributed by atoms with Gasteiger partial charge in [0.2, 0.25) is 5.88 Å². The van der Waals surface area contributed by atoms with Crippen LogP contribution in [-0.4, -0.2) is 38.6 Å². The summed E-state index contributed by atoms with van der Waals surface area (Å²) in [5, 5.41) is 18.8. The summed E-state index contributed by atoms with van der Waals surface area (Å²) in [5.41, 5.74) is -1.63. The van der Waals surface area contributed by atoms with Crippen LogP contribution in [0.2, 0.25) is 0 Å². The van der Waals surface area contributed by atoms with E-state index in [1.165, 1.54) is 0 Å². The highest BCUT2D eigenvalue weighted by Gasteiger charge is 2.40. The Morgan fingerprint density at radius 3 is 2.59 bits per heavy atom. The van der Waals surface area contributed by atoms with E-state index in [0.29, 0.717) is 16.3 Å². The number of ether oxygens (including phenoxy) is 2. The van der Waals surface area contributed by atoms with Crippen LogP contribution in [0.25, 0.3) is 0 Å². The molecule has 10 heteroatoms. The van der Waals surface area contributed by atoms with Crippen molar-refractivity contribution in [2.24, 2.45) is 0 Å². The van der Waals surface area contributed by atoms with E-state index in [4.69, 9.17) is 14.6 Å². The van der Waals surface area contributed by atoms with Gasteiger partial charge in [-0.1, -0.05) is 30.3 Å². The van der Waals surface area contributed by atoms with Crippen molar-refractivity contribution in [2.45, 2.75) is 37.6 Å². The van der Waals surface area contributed by atoms with E-state index in [9.17, 15) is 23.1 Å². The molecule has 2 heterocycles. The van der Waals surface area contributed by atoms with E-state index in [1.807, 2.05) is 0 Å². The Labute approximate surface area is 151 Å². The number of rotatable bonds is 5. The monoisotopic (exact) mass is 386 g/mol. The van der Waals surface area contributed by atoms with E-state index in [0.717, 1.165) is 0 Å². The molecule has 1 fully saturated rings. The molecule has 0 radical (unpaired) electrons. The number of hydrogen-bond donors (Lipinski definition) is 2. The highest BCUT2D eigenvalue weighted by molar-refractivity contribution is 5.27. The van der Waals surface area contributed by atoms with Gasteiger partial charge in [-0.15, -0.1) is 0 Å². The first-order valence-electron chi connectivity index (χ1n) is 8.11. The number of aromatic nitrogens is 2. The fraction of sp³-hybridized carbons (Fsp3) is 0.412. The van der Waals surface area contributed by atoms with Gasteiger partial charge in [-0.2, -0.15) is 18.2 Å². The molecule has 0 unspecified atom stereocenters. The number of aliphatic hydroxyl groups is 2. The van der Waals surface area contributed by atoms with Crippen molar-refractivity contribution < 1.29 is 32.9 Å². The van der Waals surface area contributed by atoms with Gasteiger partial charge in [-0.05, 0) is 5.56 Å². The third-order valence-corrected chi connectivity index (χ3v) is 4.13. The molecule has 1 aliphatic heterocycles. The van der Waals surface area contributed by atoms with Crippen molar-refractivity contribution in [3.8, 4) is 5.88 Å². The van der Waals surface area contributed by atoms with Gasteiger partial charge in [-0.3, -0.25) is 4.57 Å². The summed E-state index contributed by atoms with van der Waals surface area (Å²) >= 11 is 0. The van der Waals surface area contributed by atoms with Crippen LogP contribution >= 0.6 is 0 Å². The Hall–Kier alpha value is -2.43. The fourth-order valence-corrected chi connectivity index (χ4v) is 2.74. The molecule has 27 heavy (non-hydrogen) atoms. The van der Waals surface area contributed by atoms with Crippen molar-refractivity contribution >= 4 is 0 Å². The van der Waals surface area contributed by atoms with Gasteiger partial charge < -0.3 is 19.7 Å². The maximum Gasteiger partial charge on any atom is 0.423 e. The molecule has 3 atom stereocenters. The molecule has 1 aliphatic rings. The summed E-state index contributed by atoms with van der Waals surface area (Å²) < 4.78 is 51.3. The average molecular weight is 386 g/mol. The highest BCUT2D eigenvalue weighted by atomic mass is 19.4. The second-order valence-corrected chi connectivity index (χ2v) is 6.04. The molecule has 1 aromatic heterocycles. The van der Waals surface area contributed by atoms with Gasteiger partial charge in [0.15, 0.2) is 0 Å². The van der Waals surface area contributed by atoms with Crippen LogP contribution in [0.1, 0.15) is 23.8 Å². The third kappa shape index (κ3) is 4.29. The van der Waals surface area contributed by atoms with Gasteiger partial charge in [-0.25, -0.2) is 4.79 Å². The zero-order valence-corrected chi connectivity index (χ0v) is 14.0. The van der Waals surface area contributed by atoms with Gasteiger partial charge in [0.25, 0.3) is 0 Å². The second kappa shape index (κ2) is 7.67. The number of aliphatic hydroxyl groups excluding tert-OH is 2. The Morgan fingerprint density at radius 1 is 1.30 bits per heavy atom. The Balaban J connectivity index is 1.91. The maximum atomic E-state index is 13.4. The molecule has 1 saturated heterocycles. The van der Waals surface area contributed by atoms with Crippen LogP contribution in [0.4, 0.5) is 13.2 Å². The average Bonchev–Trinajstić information content (AvgIpc) is 3.00. The summed E-state index contributed by atoms with van der Waals surface area (Å²) in [6, 6.07) is 8.48. The lowest BCUT2D eigenvalue weighted by molar-refractivity contribution is -0.140. The standard InChI is InChI=1S/C17H17F3N2O5/c18-17(19,20)11-7-22(14-6-12(24)13(8-23)27-14)16(25)21-15(11)26-9-10-4-2-1-3-5-10/h1-5,7,12-14,23-24H,6,8-9H2/t12-,13+,14+/m0/s1. The van der Waals surface area contributed by atoms with Crippen molar-refractivity contribution in [1.82, 2.24) is 9.55 Å². The molecule has 0 aliphatic carbocycles. The van der Waals surface area contributed by atoms with Crippen molar-refractivity contribution in [1.29, 1.82) is 0 Å². The predicted octanol–water partition coefficient (Wildman–Crippen LogP) is 1.48. The fourth-order valence-electron chi connectivity index (χ4n) is 2.74. The molecule has 7 nitrogen and oxygen atoms in total. The van der Waals surface area contributed by atoms with E-state index in [2.05, 4.69) is 4.98 Å².